The average molecular weight is 354 g/mol. The van der Waals surface area contributed by atoms with Crippen molar-refractivity contribution in [2.24, 2.45) is 0 Å². The molecule has 0 N–H and O–H groups in total. The first-order valence-corrected chi connectivity index (χ1v) is 8.25. The van der Waals surface area contributed by atoms with E-state index in [1.165, 1.54) is 4.90 Å². The molecule has 2 aromatic carbocycles. The second-order valence-corrected chi connectivity index (χ2v) is 6.34. The lowest BCUT2D eigenvalue weighted by molar-refractivity contribution is -0.121. The number of halogens is 1. The van der Waals surface area contributed by atoms with Crippen LogP contribution >= 0.6 is 11.6 Å². The Morgan fingerprint density at radius 1 is 1.24 bits per heavy atom. The van der Waals surface area contributed by atoms with Gasteiger partial charge in [-0.2, -0.15) is 5.26 Å². The van der Waals surface area contributed by atoms with E-state index in [9.17, 15) is 9.59 Å². The van der Waals surface area contributed by atoms with Crippen LogP contribution in [0.4, 0.5) is 5.69 Å². The van der Waals surface area contributed by atoms with E-state index in [2.05, 4.69) is 0 Å². The van der Waals surface area contributed by atoms with Gasteiger partial charge in [0.1, 0.15) is 6.54 Å². The van der Waals surface area contributed by atoms with Crippen molar-refractivity contribution in [1.82, 2.24) is 4.90 Å². The van der Waals surface area contributed by atoms with Gasteiger partial charge in [0, 0.05) is 18.2 Å². The second kappa shape index (κ2) is 6.96. The number of anilines is 1. The summed E-state index contributed by atoms with van der Waals surface area (Å²) in [6, 6.07) is 15.5. The number of para-hydroxylation sites is 1. The molecule has 1 fully saturated rings. The fourth-order valence-corrected chi connectivity index (χ4v) is 3.15. The van der Waals surface area contributed by atoms with E-state index in [1.807, 2.05) is 25.1 Å². The maximum atomic E-state index is 12.8. The van der Waals surface area contributed by atoms with Crippen molar-refractivity contribution in [3.63, 3.8) is 0 Å². The molecule has 1 aliphatic heterocycles. The van der Waals surface area contributed by atoms with Gasteiger partial charge in [-0.15, -0.1) is 0 Å². The summed E-state index contributed by atoms with van der Waals surface area (Å²) in [6.45, 7) is 2.23. The Hall–Kier alpha value is -2.84. The average Bonchev–Trinajstić information content (AvgIpc) is 2.63. The molecule has 0 radical (unpaired) electrons. The van der Waals surface area contributed by atoms with Crippen LogP contribution in [-0.4, -0.2) is 35.8 Å². The van der Waals surface area contributed by atoms with Crippen molar-refractivity contribution >= 4 is 29.1 Å². The number of benzene rings is 2. The third-order valence-electron chi connectivity index (χ3n) is 4.23. The van der Waals surface area contributed by atoms with Gasteiger partial charge in [-0.3, -0.25) is 9.59 Å². The molecule has 1 unspecified atom stereocenters. The van der Waals surface area contributed by atoms with Crippen LogP contribution < -0.4 is 4.90 Å². The summed E-state index contributed by atoms with van der Waals surface area (Å²) >= 11 is 6.19. The molecule has 5 nitrogen and oxygen atoms in total. The fourth-order valence-electron chi connectivity index (χ4n) is 2.91. The highest BCUT2D eigenvalue weighted by molar-refractivity contribution is 6.33. The Labute approximate surface area is 151 Å². The van der Waals surface area contributed by atoms with Crippen molar-refractivity contribution in [3.8, 4) is 6.07 Å². The molecular formula is C19H16ClN3O2. The van der Waals surface area contributed by atoms with E-state index in [4.69, 9.17) is 16.9 Å². The number of hydrogen-bond donors (Lipinski definition) is 0. The van der Waals surface area contributed by atoms with Crippen molar-refractivity contribution < 1.29 is 9.59 Å². The molecule has 3 rings (SSSR count). The molecule has 0 aromatic heterocycles. The SMILES string of the molecule is CC1CN(c2ccccc2Cl)C(=O)CN1C(=O)c1cccc(C#N)c1. The van der Waals surface area contributed by atoms with Crippen LogP contribution in [0.2, 0.25) is 5.02 Å². The normalized spacial score (nSPS) is 17.3. The van der Waals surface area contributed by atoms with Gasteiger partial charge < -0.3 is 9.80 Å². The molecular weight excluding hydrogens is 338 g/mol. The van der Waals surface area contributed by atoms with E-state index in [0.717, 1.165) is 0 Å². The molecule has 1 saturated heterocycles. The number of rotatable bonds is 2. The van der Waals surface area contributed by atoms with Gasteiger partial charge in [0.2, 0.25) is 5.91 Å². The molecule has 1 atom stereocenters. The first-order chi connectivity index (χ1) is 12.0. The number of hydrogen-bond acceptors (Lipinski definition) is 3. The standard InChI is InChI=1S/C19H16ClN3O2/c1-13-11-23(17-8-3-2-7-16(17)20)18(24)12-22(13)19(25)15-6-4-5-14(9-15)10-21/h2-9,13H,11-12H2,1H3. The number of piperazine rings is 1. The summed E-state index contributed by atoms with van der Waals surface area (Å²) in [5, 5.41) is 9.49. The van der Waals surface area contributed by atoms with Crippen molar-refractivity contribution in [2.45, 2.75) is 13.0 Å². The minimum atomic E-state index is -0.253. The Balaban J connectivity index is 1.83. The highest BCUT2D eigenvalue weighted by Crippen LogP contribution is 2.28. The summed E-state index contributed by atoms with van der Waals surface area (Å²) in [4.78, 5) is 28.5. The Bertz CT molecular complexity index is 875. The smallest absolute Gasteiger partial charge is 0.254 e. The van der Waals surface area contributed by atoms with Gasteiger partial charge in [0.25, 0.3) is 5.91 Å². The Morgan fingerprint density at radius 3 is 2.72 bits per heavy atom. The van der Waals surface area contributed by atoms with Crippen molar-refractivity contribution in [1.29, 1.82) is 5.26 Å². The predicted octanol–water partition coefficient (Wildman–Crippen LogP) is 3.09. The van der Waals surface area contributed by atoms with Crippen LogP contribution in [0.5, 0.6) is 0 Å². The molecule has 0 saturated carbocycles. The van der Waals surface area contributed by atoms with E-state index < -0.39 is 0 Å². The highest BCUT2D eigenvalue weighted by Gasteiger charge is 2.34. The largest absolute Gasteiger partial charge is 0.325 e. The van der Waals surface area contributed by atoms with Gasteiger partial charge in [-0.1, -0.05) is 29.8 Å². The zero-order valence-electron chi connectivity index (χ0n) is 13.6. The zero-order chi connectivity index (χ0) is 18.0. The molecule has 1 aliphatic rings. The maximum absolute atomic E-state index is 12.8. The van der Waals surface area contributed by atoms with Gasteiger partial charge >= 0.3 is 0 Å². The van der Waals surface area contributed by atoms with E-state index in [-0.39, 0.29) is 24.4 Å². The third-order valence-corrected chi connectivity index (χ3v) is 4.55. The highest BCUT2D eigenvalue weighted by atomic mass is 35.5. The molecule has 1 heterocycles. The zero-order valence-corrected chi connectivity index (χ0v) is 14.4. The molecule has 0 bridgehead atoms. The van der Waals surface area contributed by atoms with Gasteiger partial charge in [-0.05, 0) is 37.3 Å². The summed E-state index contributed by atoms with van der Waals surface area (Å²) in [5.41, 5.74) is 1.48. The van der Waals surface area contributed by atoms with Crippen molar-refractivity contribution in [2.75, 3.05) is 18.0 Å². The molecule has 6 heteroatoms. The molecule has 0 spiro atoms. The first-order valence-electron chi connectivity index (χ1n) is 7.87. The van der Waals surface area contributed by atoms with E-state index >= 15 is 0 Å². The number of carbonyl (C=O) groups is 2. The van der Waals surface area contributed by atoms with Crippen molar-refractivity contribution in [3.05, 3.63) is 64.7 Å². The lowest BCUT2D eigenvalue weighted by atomic mass is 10.1. The lowest BCUT2D eigenvalue weighted by Crippen LogP contribution is -2.57. The maximum Gasteiger partial charge on any atom is 0.254 e. The van der Waals surface area contributed by atoms with Gasteiger partial charge in [0.05, 0.1) is 22.3 Å². The molecule has 25 heavy (non-hydrogen) atoms. The molecule has 2 aromatic rings. The second-order valence-electron chi connectivity index (χ2n) is 5.93. The number of nitriles is 1. The van der Waals surface area contributed by atoms with Gasteiger partial charge in [0.15, 0.2) is 0 Å². The first kappa shape index (κ1) is 17.0. The topological polar surface area (TPSA) is 64.4 Å². The fraction of sp³-hybridized carbons (Fsp3) is 0.211. The van der Waals surface area contributed by atoms with Gasteiger partial charge in [-0.25, -0.2) is 0 Å². The molecule has 2 amide bonds. The summed E-state index contributed by atoms with van der Waals surface area (Å²) in [6.07, 6.45) is 0. The quantitative estimate of drug-likeness (QED) is 0.833. The monoisotopic (exact) mass is 353 g/mol. The van der Waals surface area contributed by atoms with Crippen LogP contribution in [0.15, 0.2) is 48.5 Å². The summed E-state index contributed by atoms with van der Waals surface area (Å²) < 4.78 is 0. The molecule has 0 aliphatic carbocycles. The number of nitrogens with zero attached hydrogens (tertiary/aromatic N) is 3. The third kappa shape index (κ3) is 3.35. The molecule has 126 valence electrons. The Kier molecular flexibility index (Phi) is 4.73. The lowest BCUT2D eigenvalue weighted by Gasteiger charge is -2.39. The summed E-state index contributed by atoms with van der Waals surface area (Å²) in [7, 11) is 0. The predicted molar refractivity (Wildman–Crippen MR) is 95.5 cm³/mol. The minimum Gasteiger partial charge on any atom is -0.325 e. The minimum absolute atomic E-state index is 0.0258. The van der Waals surface area contributed by atoms with Crippen LogP contribution in [0.25, 0.3) is 0 Å². The van der Waals surface area contributed by atoms with E-state index in [1.54, 1.807) is 41.3 Å². The van der Waals surface area contributed by atoms with Crippen LogP contribution in [-0.2, 0) is 4.79 Å². The summed E-state index contributed by atoms with van der Waals surface area (Å²) in [5.74, 6) is -0.437. The van der Waals surface area contributed by atoms with Crippen LogP contribution in [0.1, 0.15) is 22.8 Å². The van der Waals surface area contributed by atoms with Crippen LogP contribution in [0.3, 0.4) is 0 Å². The van der Waals surface area contributed by atoms with E-state index in [0.29, 0.717) is 28.4 Å². The number of amides is 2. The Morgan fingerprint density at radius 2 is 2.00 bits per heavy atom. The van der Waals surface area contributed by atoms with Crippen LogP contribution in [0, 0.1) is 11.3 Å². The number of carbonyl (C=O) groups excluding carboxylic acids is 2.